The standard InChI is InChI=1S/C24H31N3O2/c1-17(28)25-19-9-6-11-21(15-19)29-24-22-12-5-4-8-18(22)14-23(24)27-13-7-10-20(16-27)26(2)3/h4-6,8-9,11-12,15,20,23-24H,7,10,13-14,16H2,1-3H3,(H,25,28)/t20-,23-,24-/m1/s1. The van der Waals surface area contributed by atoms with Crippen LogP contribution in [-0.4, -0.2) is 55.0 Å². The molecule has 29 heavy (non-hydrogen) atoms. The summed E-state index contributed by atoms with van der Waals surface area (Å²) in [5.41, 5.74) is 3.44. The smallest absolute Gasteiger partial charge is 0.221 e. The van der Waals surface area contributed by atoms with Crippen LogP contribution in [0, 0.1) is 0 Å². The summed E-state index contributed by atoms with van der Waals surface area (Å²) in [6.07, 6.45) is 3.50. The lowest BCUT2D eigenvalue weighted by Crippen LogP contribution is -2.51. The second-order valence-corrected chi connectivity index (χ2v) is 8.47. The Bertz CT molecular complexity index is 867. The molecule has 1 amide bonds. The van der Waals surface area contributed by atoms with Crippen molar-refractivity contribution in [3.05, 3.63) is 59.7 Å². The summed E-state index contributed by atoms with van der Waals surface area (Å²) in [6, 6.07) is 17.3. The lowest BCUT2D eigenvalue weighted by molar-refractivity contribution is -0.114. The number of amides is 1. The SMILES string of the molecule is CC(=O)Nc1cccc(O[C@@H]2c3ccccc3C[C@H]2N2CCC[C@@H](N(C)C)C2)c1. The zero-order chi connectivity index (χ0) is 20.4. The van der Waals surface area contributed by atoms with Gasteiger partial charge in [0.25, 0.3) is 0 Å². The molecule has 1 fully saturated rings. The first-order chi connectivity index (χ1) is 14.0. The van der Waals surface area contributed by atoms with Crippen LogP contribution in [0.1, 0.15) is 37.0 Å². The Morgan fingerprint density at radius 2 is 2.00 bits per heavy atom. The van der Waals surface area contributed by atoms with Gasteiger partial charge in [-0.15, -0.1) is 0 Å². The summed E-state index contributed by atoms with van der Waals surface area (Å²) in [4.78, 5) is 16.4. The number of hydrogen-bond donors (Lipinski definition) is 1. The molecule has 0 bridgehead atoms. The minimum Gasteiger partial charge on any atom is -0.484 e. The van der Waals surface area contributed by atoms with Crippen molar-refractivity contribution in [1.82, 2.24) is 9.80 Å². The van der Waals surface area contributed by atoms with Crippen molar-refractivity contribution < 1.29 is 9.53 Å². The van der Waals surface area contributed by atoms with Gasteiger partial charge < -0.3 is 15.0 Å². The second kappa shape index (κ2) is 8.56. The van der Waals surface area contributed by atoms with Gasteiger partial charge in [0.05, 0.1) is 6.04 Å². The number of carbonyl (C=O) groups excluding carboxylic acids is 1. The van der Waals surface area contributed by atoms with Crippen LogP contribution < -0.4 is 10.1 Å². The van der Waals surface area contributed by atoms with Crippen LogP contribution in [0.4, 0.5) is 5.69 Å². The fourth-order valence-corrected chi connectivity index (χ4v) is 4.70. The molecule has 2 aromatic carbocycles. The number of carbonyl (C=O) groups is 1. The van der Waals surface area contributed by atoms with Crippen molar-refractivity contribution in [2.75, 3.05) is 32.5 Å². The van der Waals surface area contributed by atoms with Crippen molar-refractivity contribution in [2.24, 2.45) is 0 Å². The maximum atomic E-state index is 11.4. The van der Waals surface area contributed by atoms with Gasteiger partial charge in [0.15, 0.2) is 0 Å². The highest BCUT2D eigenvalue weighted by Gasteiger charge is 2.39. The number of hydrogen-bond acceptors (Lipinski definition) is 4. The molecule has 0 unspecified atom stereocenters. The first-order valence-electron chi connectivity index (χ1n) is 10.5. The number of nitrogens with zero attached hydrogens (tertiary/aromatic N) is 2. The first kappa shape index (κ1) is 19.9. The van der Waals surface area contributed by atoms with Gasteiger partial charge in [0, 0.05) is 31.3 Å². The predicted octanol–water partition coefficient (Wildman–Crippen LogP) is 3.72. The number of nitrogens with one attached hydrogen (secondary N) is 1. The van der Waals surface area contributed by atoms with Gasteiger partial charge in [-0.1, -0.05) is 30.3 Å². The topological polar surface area (TPSA) is 44.8 Å². The van der Waals surface area contributed by atoms with Gasteiger partial charge >= 0.3 is 0 Å². The van der Waals surface area contributed by atoms with Gasteiger partial charge in [0.2, 0.25) is 5.91 Å². The lowest BCUT2D eigenvalue weighted by Gasteiger charge is -2.41. The maximum Gasteiger partial charge on any atom is 0.221 e. The zero-order valence-corrected chi connectivity index (χ0v) is 17.6. The largest absolute Gasteiger partial charge is 0.484 e. The molecule has 154 valence electrons. The van der Waals surface area contributed by atoms with Gasteiger partial charge in [0.1, 0.15) is 11.9 Å². The third-order valence-electron chi connectivity index (χ3n) is 6.18. The zero-order valence-electron chi connectivity index (χ0n) is 17.6. The van der Waals surface area contributed by atoms with Crippen LogP contribution in [-0.2, 0) is 11.2 Å². The van der Waals surface area contributed by atoms with E-state index in [4.69, 9.17) is 4.74 Å². The third-order valence-corrected chi connectivity index (χ3v) is 6.18. The van der Waals surface area contributed by atoms with Gasteiger partial charge in [-0.05, 0) is 63.2 Å². The van der Waals surface area contributed by atoms with E-state index in [-0.39, 0.29) is 12.0 Å². The van der Waals surface area contributed by atoms with E-state index in [0.29, 0.717) is 12.1 Å². The van der Waals surface area contributed by atoms with Crippen molar-refractivity contribution in [3.8, 4) is 5.75 Å². The van der Waals surface area contributed by atoms with E-state index in [0.717, 1.165) is 30.9 Å². The van der Waals surface area contributed by atoms with Crippen LogP contribution in [0.25, 0.3) is 0 Å². The first-order valence-corrected chi connectivity index (χ1v) is 10.5. The minimum absolute atomic E-state index is 0.000287. The van der Waals surface area contributed by atoms with E-state index in [1.165, 1.54) is 30.9 Å². The quantitative estimate of drug-likeness (QED) is 0.841. The number of ether oxygens (including phenoxy) is 1. The normalized spacial score (nSPS) is 24.3. The van der Waals surface area contributed by atoms with E-state index in [1.54, 1.807) is 0 Å². The molecule has 0 saturated carbocycles. The Hall–Kier alpha value is -2.37. The van der Waals surface area contributed by atoms with E-state index in [9.17, 15) is 4.79 Å². The summed E-state index contributed by atoms with van der Waals surface area (Å²) in [5.74, 6) is 0.721. The fraction of sp³-hybridized carbons (Fsp3) is 0.458. The summed E-state index contributed by atoms with van der Waals surface area (Å²) in [5, 5.41) is 2.85. The number of likely N-dealkylation sites (N-methyl/N-ethyl adjacent to an activating group) is 1. The van der Waals surface area contributed by atoms with Gasteiger partial charge in [-0.25, -0.2) is 0 Å². The molecule has 2 aromatic rings. The fourth-order valence-electron chi connectivity index (χ4n) is 4.70. The molecule has 0 radical (unpaired) electrons. The molecule has 1 aliphatic carbocycles. The van der Waals surface area contributed by atoms with E-state index >= 15 is 0 Å². The summed E-state index contributed by atoms with van der Waals surface area (Å²) >= 11 is 0. The molecule has 1 aliphatic heterocycles. The number of benzene rings is 2. The second-order valence-electron chi connectivity index (χ2n) is 8.47. The molecule has 1 N–H and O–H groups in total. The molecule has 5 heteroatoms. The van der Waals surface area contributed by atoms with E-state index < -0.39 is 0 Å². The average molecular weight is 394 g/mol. The van der Waals surface area contributed by atoms with Crippen molar-refractivity contribution in [1.29, 1.82) is 0 Å². The Kier molecular flexibility index (Phi) is 5.88. The van der Waals surface area contributed by atoms with Crippen LogP contribution >= 0.6 is 0 Å². The van der Waals surface area contributed by atoms with Crippen LogP contribution in [0.5, 0.6) is 5.75 Å². The molecular weight excluding hydrogens is 362 g/mol. The van der Waals surface area contributed by atoms with E-state index in [2.05, 4.69) is 53.5 Å². The van der Waals surface area contributed by atoms with Crippen molar-refractivity contribution in [3.63, 3.8) is 0 Å². The Morgan fingerprint density at radius 3 is 2.79 bits per heavy atom. The predicted molar refractivity (Wildman–Crippen MR) is 116 cm³/mol. The summed E-state index contributed by atoms with van der Waals surface area (Å²) in [6.45, 7) is 3.72. The average Bonchev–Trinajstić information content (AvgIpc) is 3.06. The number of anilines is 1. The highest BCUT2D eigenvalue weighted by molar-refractivity contribution is 5.88. The maximum absolute atomic E-state index is 11.4. The van der Waals surface area contributed by atoms with E-state index in [1.807, 2.05) is 24.3 Å². The van der Waals surface area contributed by atoms with Gasteiger partial charge in [-0.3, -0.25) is 9.69 Å². The lowest BCUT2D eigenvalue weighted by atomic mass is 10.0. The Labute approximate surface area is 173 Å². The molecule has 1 heterocycles. The summed E-state index contributed by atoms with van der Waals surface area (Å²) < 4.78 is 6.58. The molecule has 5 nitrogen and oxygen atoms in total. The highest BCUT2D eigenvalue weighted by atomic mass is 16.5. The molecule has 1 saturated heterocycles. The molecule has 0 aromatic heterocycles. The highest BCUT2D eigenvalue weighted by Crippen LogP contribution is 2.39. The third kappa shape index (κ3) is 4.46. The van der Waals surface area contributed by atoms with Crippen molar-refractivity contribution in [2.45, 2.75) is 44.4 Å². The van der Waals surface area contributed by atoms with Crippen LogP contribution in [0.3, 0.4) is 0 Å². The number of piperidine rings is 1. The number of fused-ring (bicyclic) bond motifs is 1. The van der Waals surface area contributed by atoms with Gasteiger partial charge in [-0.2, -0.15) is 0 Å². The summed E-state index contributed by atoms with van der Waals surface area (Å²) in [7, 11) is 4.36. The van der Waals surface area contributed by atoms with Crippen LogP contribution in [0.2, 0.25) is 0 Å². The molecule has 3 atom stereocenters. The molecule has 0 spiro atoms. The number of likely N-dealkylation sites (tertiary alicyclic amines) is 1. The Balaban J connectivity index is 1.59. The molecule has 2 aliphatic rings. The minimum atomic E-state index is -0.0747. The monoisotopic (exact) mass is 393 g/mol. The van der Waals surface area contributed by atoms with Crippen molar-refractivity contribution >= 4 is 11.6 Å². The number of rotatable bonds is 5. The Morgan fingerprint density at radius 1 is 1.17 bits per heavy atom. The van der Waals surface area contributed by atoms with Crippen LogP contribution in [0.15, 0.2) is 48.5 Å². The molecule has 4 rings (SSSR count). The molecular formula is C24H31N3O2.